The summed E-state index contributed by atoms with van der Waals surface area (Å²) in [5, 5.41) is -0.233. The van der Waals surface area contributed by atoms with Gasteiger partial charge in [0.05, 0.1) is 5.02 Å². The average molecular weight is 295 g/mol. The lowest BCUT2D eigenvalue weighted by atomic mass is 9.91. The first kappa shape index (κ1) is 13.5. The Labute approximate surface area is 120 Å². The number of rotatable bonds is 2. The molecule has 1 aliphatic carbocycles. The molecule has 104 valence electrons. The lowest BCUT2D eigenvalue weighted by molar-refractivity contribution is 0.500. The molecule has 20 heavy (non-hydrogen) atoms. The third kappa shape index (κ3) is 2.19. The number of nitrogens with two attached hydrogens (primary N) is 1. The van der Waals surface area contributed by atoms with E-state index in [2.05, 4.69) is 4.98 Å². The Bertz CT molecular complexity index is 660. The van der Waals surface area contributed by atoms with E-state index in [-0.39, 0.29) is 16.5 Å². The fraction of sp³-hybridized carbons (Fsp3) is 0.267. The van der Waals surface area contributed by atoms with Crippen molar-refractivity contribution in [2.45, 2.75) is 24.8 Å². The van der Waals surface area contributed by atoms with Crippen LogP contribution in [0.5, 0.6) is 0 Å². The maximum absolute atomic E-state index is 14.0. The van der Waals surface area contributed by atoms with Crippen LogP contribution in [0.3, 0.4) is 0 Å². The van der Waals surface area contributed by atoms with Gasteiger partial charge in [-0.3, -0.25) is 4.98 Å². The normalized spacial score (nSPS) is 18.9. The topological polar surface area (TPSA) is 38.9 Å². The van der Waals surface area contributed by atoms with Gasteiger partial charge in [-0.25, -0.2) is 8.78 Å². The van der Waals surface area contributed by atoms with E-state index in [1.165, 1.54) is 0 Å². The molecule has 0 amide bonds. The highest BCUT2D eigenvalue weighted by Crippen LogP contribution is 2.40. The summed E-state index contributed by atoms with van der Waals surface area (Å²) in [7, 11) is 0. The van der Waals surface area contributed by atoms with Crippen molar-refractivity contribution in [2.75, 3.05) is 0 Å². The summed E-state index contributed by atoms with van der Waals surface area (Å²) in [4.78, 5) is 4.33. The first-order chi connectivity index (χ1) is 9.58. The van der Waals surface area contributed by atoms with Crippen LogP contribution in [0.2, 0.25) is 5.02 Å². The summed E-state index contributed by atoms with van der Waals surface area (Å²) in [5.41, 5.74) is 8.31. The first-order valence-corrected chi connectivity index (χ1v) is 6.79. The number of aryl methyl sites for hydroxylation is 1. The van der Waals surface area contributed by atoms with Crippen molar-refractivity contribution in [1.29, 1.82) is 0 Å². The average Bonchev–Trinajstić information content (AvgIpc) is 2.86. The van der Waals surface area contributed by atoms with E-state index < -0.39 is 17.7 Å². The fourth-order valence-corrected chi connectivity index (χ4v) is 2.95. The second-order valence-corrected chi connectivity index (χ2v) is 5.41. The van der Waals surface area contributed by atoms with Crippen molar-refractivity contribution in [1.82, 2.24) is 4.98 Å². The van der Waals surface area contributed by atoms with Crippen LogP contribution in [0, 0.1) is 11.6 Å². The van der Waals surface area contributed by atoms with Crippen LogP contribution < -0.4 is 5.73 Å². The fourth-order valence-electron chi connectivity index (χ4n) is 2.80. The molecule has 2 N–H and O–H groups in total. The number of hydrogen-bond donors (Lipinski definition) is 1. The van der Waals surface area contributed by atoms with Gasteiger partial charge in [-0.2, -0.15) is 0 Å². The van der Waals surface area contributed by atoms with Crippen molar-refractivity contribution in [2.24, 2.45) is 5.73 Å². The standard InChI is InChI=1S/C15H13ClF2N2/c16-11-7-12(17)10(6-13(11)18)14(19)9-4-3-8-2-1-5-20-15(8)9/h1-2,5-7,9,14H,3-4,19H2. The molecule has 2 unspecified atom stereocenters. The van der Waals surface area contributed by atoms with E-state index in [1.807, 2.05) is 12.1 Å². The van der Waals surface area contributed by atoms with Crippen molar-refractivity contribution in [3.8, 4) is 0 Å². The molecule has 1 aliphatic rings. The number of fused-ring (bicyclic) bond motifs is 1. The van der Waals surface area contributed by atoms with Gasteiger partial charge in [-0.1, -0.05) is 17.7 Å². The maximum Gasteiger partial charge on any atom is 0.142 e. The second-order valence-electron chi connectivity index (χ2n) is 5.01. The number of pyridine rings is 1. The molecule has 3 rings (SSSR count). The third-order valence-electron chi connectivity index (χ3n) is 3.83. The van der Waals surface area contributed by atoms with Gasteiger partial charge < -0.3 is 5.73 Å². The van der Waals surface area contributed by atoms with Gasteiger partial charge in [0, 0.05) is 29.4 Å². The maximum atomic E-state index is 14.0. The van der Waals surface area contributed by atoms with Gasteiger partial charge in [0.2, 0.25) is 0 Å². The Kier molecular flexibility index (Phi) is 3.44. The Morgan fingerprint density at radius 1 is 1.30 bits per heavy atom. The van der Waals surface area contributed by atoms with Gasteiger partial charge in [-0.15, -0.1) is 0 Å². The molecule has 0 saturated carbocycles. The molecule has 0 radical (unpaired) electrons. The van der Waals surface area contributed by atoms with E-state index in [9.17, 15) is 8.78 Å². The quantitative estimate of drug-likeness (QED) is 0.857. The van der Waals surface area contributed by atoms with Gasteiger partial charge in [0.15, 0.2) is 0 Å². The number of halogens is 3. The molecule has 0 bridgehead atoms. The van der Waals surface area contributed by atoms with Crippen molar-refractivity contribution in [3.63, 3.8) is 0 Å². The van der Waals surface area contributed by atoms with Crippen molar-refractivity contribution in [3.05, 3.63) is 63.9 Å². The summed E-state index contributed by atoms with van der Waals surface area (Å²) in [6.07, 6.45) is 3.35. The molecule has 2 aromatic rings. The Morgan fingerprint density at radius 2 is 2.10 bits per heavy atom. The molecular formula is C15H13ClF2N2. The Hall–Kier alpha value is -1.52. The van der Waals surface area contributed by atoms with Crippen LogP contribution in [0.1, 0.15) is 35.2 Å². The van der Waals surface area contributed by atoms with Crippen LogP contribution >= 0.6 is 11.6 Å². The molecule has 0 fully saturated rings. The zero-order chi connectivity index (χ0) is 14.3. The van der Waals surface area contributed by atoms with E-state index in [0.29, 0.717) is 0 Å². The summed E-state index contributed by atoms with van der Waals surface area (Å²) in [5.74, 6) is -1.33. The highest BCUT2D eigenvalue weighted by atomic mass is 35.5. The van der Waals surface area contributed by atoms with E-state index in [0.717, 1.165) is 36.2 Å². The predicted octanol–water partition coefficient (Wildman–Crippen LogP) is 3.74. The molecule has 0 saturated heterocycles. The summed E-state index contributed by atoms with van der Waals surface area (Å²) in [6.45, 7) is 0. The largest absolute Gasteiger partial charge is 0.323 e. The smallest absolute Gasteiger partial charge is 0.142 e. The lowest BCUT2D eigenvalue weighted by Crippen LogP contribution is -2.20. The van der Waals surface area contributed by atoms with E-state index in [1.54, 1.807) is 6.20 Å². The van der Waals surface area contributed by atoms with Crippen LogP contribution in [-0.4, -0.2) is 4.98 Å². The molecule has 1 aromatic heterocycles. The summed E-state index contributed by atoms with van der Waals surface area (Å²) >= 11 is 5.56. The predicted molar refractivity (Wildman–Crippen MR) is 73.6 cm³/mol. The van der Waals surface area contributed by atoms with Gasteiger partial charge in [0.25, 0.3) is 0 Å². The second kappa shape index (κ2) is 5.11. The van der Waals surface area contributed by atoms with Crippen molar-refractivity contribution >= 4 is 11.6 Å². The summed E-state index contributed by atoms with van der Waals surface area (Å²) in [6, 6.07) is 5.30. The molecule has 2 nitrogen and oxygen atoms in total. The van der Waals surface area contributed by atoms with E-state index >= 15 is 0 Å². The van der Waals surface area contributed by atoms with E-state index in [4.69, 9.17) is 17.3 Å². The number of benzene rings is 1. The monoisotopic (exact) mass is 294 g/mol. The zero-order valence-electron chi connectivity index (χ0n) is 10.6. The first-order valence-electron chi connectivity index (χ1n) is 6.41. The van der Waals surface area contributed by atoms with Crippen LogP contribution in [-0.2, 0) is 6.42 Å². The number of hydrogen-bond acceptors (Lipinski definition) is 2. The zero-order valence-corrected chi connectivity index (χ0v) is 11.4. The van der Waals surface area contributed by atoms with Gasteiger partial charge >= 0.3 is 0 Å². The van der Waals surface area contributed by atoms with Crippen LogP contribution in [0.15, 0.2) is 30.5 Å². The number of aromatic nitrogens is 1. The summed E-state index contributed by atoms with van der Waals surface area (Å²) < 4.78 is 27.5. The third-order valence-corrected chi connectivity index (χ3v) is 4.12. The minimum atomic E-state index is -0.655. The molecule has 5 heteroatoms. The molecular weight excluding hydrogens is 282 g/mol. The van der Waals surface area contributed by atoms with Gasteiger partial charge in [-0.05, 0) is 36.6 Å². The van der Waals surface area contributed by atoms with Crippen LogP contribution in [0.25, 0.3) is 0 Å². The SMILES string of the molecule is NC(c1cc(F)c(Cl)cc1F)C1CCc2cccnc21. The lowest BCUT2D eigenvalue weighted by Gasteiger charge is -2.20. The Balaban J connectivity index is 1.98. The van der Waals surface area contributed by atoms with Crippen molar-refractivity contribution < 1.29 is 8.78 Å². The number of nitrogens with zero attached hydrogens (tertiary/aromatic N) is 1. The van der Waals surface area contributed by atoms with Crippen LogP contribution in [0.4, 0.5) is 8.78 Å². The highest BCUT2D eigenvalue weighted by molar-refractivity contribution is 6.30. The minimum absolute atomic E-state index is 0.0960. The molecule has 0 spiro atoms. The Morgan fingerprint density at radius 3 is 2.90 bits per heavy atom. The molecule has 1 heterocycles. The highest BCUT2D eigenvalue weighted by Gasteiger charge is 2.31. The molecule has 0 aliphatic heterocycles. The molecule has 1 aromatic carbocycles. The minimum Gasteiger partial charge on any atom is -0.323 e. The molecule has 2 atom stereocenters. The van der Waals surface area contributed by atoms with Gasteiger partial charge in [0.1, 0.15) is 11.6 Å².